The summed E-state index contributed by atoms with van der Waals surface area (Å²) in [6.07, 6.45) is -18.3. The Bertz CT molecular complexity index is 3360. The summed E-state index contributed by atoms with van der Waals surface area (Å²) in [4.78, 5) is 87.4. The van der Waals surface area contributed by atoms with Crippen molar-refractivity contribution in [2.24, 2.45) is 23.2 Å². The molecule has 52 nitrogen and oxygen atoms in total. The summed E-state index contributed by atoms with van der Waals surface area (Å²) in [5, 5.41) is 93.1. The second kappa shape index (κ2) is 46.4. The van der Waals surface area contributed by atoms with E-state index in [0.29, 0.717) is 0 Å². The van der Waals surface area contributed by atoms with Gasteiger partial charge < -0.3 is 152 Å². The molecule has 0 bridgehead atoms. The van der Waals surface area contributed by atoms with Gasteiger partial charge in [-0.3, -0.25) is 59.2 Å². The highest BCUT2D eigenvalue weighted by Gasteiger charge is 2.48. The third kappa shape index (κ3) is 32.3. The number of hydrogen-bond donors (Lipinski definition) is 17. The maximum absolute atomic E-state index is 13.7. The molecule has 2 aromatic rings. The van der Waals surface area contributed by atoms with E-state index in [-0.39, 0.29) is 36.6 Å². The van der Waals surface area contributed by atoms with Crippen LogP contribution in [0.4, 0.5) is 5.82 Å². The number of aliphatic hydroxyl groups excluding tert-OH is 9. The lowest BCUT2D eigenvalue weighted by Crippen LogP contribution is -2.64. The van der Waals surface area contributed by atoms with E-state index in [1.165, 1.54) is 38.2 Å². The Kier molecular flexibility index (Phi) is 40.8. The van der Waals surface area contributed by atoms with E-state index in [1.807, 2.05) is 0 Å². The van der Waals surface area contributed by atoms with Gasteiger partial charge in [-0.2, -0.15) is 0 Å². The van der Waals surface area contributed by atoms with Gasteiger partial charge in [0.25, 0.3) is 0 Å². The lowest BCUT2D eigenvalue weighted by atomic mass is 9.92. The quantitative estimate of drug-likeness (QED) is 0.0170. The van der Waals surface area contributed by atoms with Crippen LogP contribution in [0.15, 0.2) is 12.7 Å². The fraction of sp³-hybridized carbons (Fsp3) is 0.889. The molecule has 112 heavy (non-hydrogen) atoms. The topological polar surface area (TPSA) is 726 Å². The van der Waals surface area contributed by atoms with Gasteiger partial charge in [-0.1, -0.05) is 13.8 Å². The molecule has 4 aliphatic rings. The predicted octanol–water partition coefficient (Wildman–Crippen LogP) is -4.17. The van der Waals surface area contributed by atoms with Crippen LogP contribution in [-0.4, -0.2) is 353 Å². The molecule has 2 aromatic heterocycles. The zero-order chi connectivity index (χ0) is 82.8. The van der Waals surface area contributed by atoms with Crippen molar-refractivity contribution in [2.45, 2.75) is 125 Å². The van der Waals surface area contributed by atoms with E-state index < -0.39 is 307 Å². The monoisotopic (exact) mass is 1750 g/mol. The highest BCUT2D eigenvalue weighted by molar-refractivity contribution is 7.52. The summed E-state index contributed by atoms with van der Waals surface area (Å²) in [6.45, 7) is -12.4. The molecule has 6 heterocycles. The largest absolute Gasteiger partial charge is 0.474 e. The van der Waals surface area contributed by atoms with Crippen molar-refractivity contribution < 1.29 is 219 Å². The molecule has 58 heteroatoms. The number of nitrogens with one attached hydrogen (secondary N) is 1. The number of rotatable bonds is 55. The molecular formula is C54H100N6O46P6. The first-order chi connectivity index (χ1) is 52.7. The van der Waals surface area contributed by atoms with Crippen LogP contribution < -0.4 is 11.1 Å². The number of imidazole rings is 1. The van der Waals surface area contributed by atoms with Gasteiger partial charge in [-0.25, -0.2) is 37.8 Å². The molecule has 4 fully saturated rings. The van der Waals surface area contributed by atoms with Gasteiger partial charge in [0, 0.05) is 44.9 Å². The number of methoxy groups -OCH3 is 1. The molecule has 0 aliphatic carbocycles. The summed E-state index contributed by atoms with van der Waals surface area (Å²) in [7, 11) is -28.8. The number of phosphoric acid groups is 5. The molecular weight excluding hydrogens is 1650 g/mol. The first kappa shape index (κ1) is 98.5. The van der Waals surface area contributed by atoms with E-state index in [1.54, 1.807) is 0 Å². The number of aromatic nitrogens is 4. The number of phosphoric ester groups is 5. The smallest absolute Gasteiger partial charge is 0.394 e. The van der Waals surface area contributed by atoms with E-state index in [4.69, 9.17) is 117 Å². The van der Waals surface area contributed by atoms with Crippen LogP contribution >= 0.6 is 46.7 Å². The van der Waals surface area contributed by atoms with Crippen molar-refractivity contribution in [3.63, 3.8) is 0 Å². The summed E-state index contributed by atoms with van der Waals surface area (Å²) < 4.78 is 206. The molecule has 0 saturated carbocycles. The Morgan fingerprint density at radius 2 is 0.973 bits per heavy atom. The second-order valence-electron chi connectivity index (χ2n) is 25.3. The number of carbonyl (C=O) groups excluding carboxylic acids is 1. The number of hydrogen-bond acceptors (Lipinski definition) is 44. The van der Waals surface area contributed by atoms with Crippen LogP contribution in [0.3, 0.4) is 0 Å². The average Bonchev–Trinajstić information content (AvgIpc) is 1.59. The summed E-state index contributed by atoms with van der Waals surface area (Å²) in [5.74, 6) is -3.17. The van der Waals surface area contributed by atoms with Crippen LogP contribution in [0.25, 0.3) is 11.2 Å². The van der Waals surface area contributed by atoms with Crippen molar-refractivity contribution in [3.8, 4) is 0 Å². The zero-order valence-electron chi connectivity index (χ0n) is 60.8. The SMILES string of the molecule is COCC(COCOP(=O)(O)OCC(COCOP(=O)(O)OCCO[C@@H]1OC(CO)[C@H](O)[C@H](O)C1C)(COCOP(=O)(O)OCCO[C@@H]1OC(CO)[C@H](O)[C@H](O)C1C)COCOP(=O)(O)OCCO[C@H]1OC(CO)[C@H](O)[C@H](O)C1NC(C)=O)COCOP(=O)(O)OC1C[C@H](n2cnc3c(N)ncnc32)O[C@@H]1COP(C)(=O)O. The predicted molar refractivity (Wildman–Crippen MR) is 362 cm³/mol. The van der Waals surface area contributed by atoms with E-state index in [9.17, 15) is 108 Å². The van der Waals surface area contributed by atoms with Gasteiger partial charge in [0.1, 0.15) is 79.0 Å². The van der Waals surface area contributed by atoms with Gasteiger partial charge >= 0.3 is 46.7 Å². The van der Waals surface area contributed by atoms with Gasteiger partial charge in [0.05, 0.1) is 136 Å². The molecule has 652 valence electrons. The van der Waals surface area contributed by atoms with Crippen molar-refractivity contribution in [1.29, 1.82) is 0 Å². The molecule has 14 unspecified atom stereocenters. The molecule has 0 radical (unpaired) electrons. The minimum atomic E-state index is -5.41. The summed E-state index contributed by atoms with van der Waals surface area (Å²) in [5.41, 5.74) is 4.17. The first-order valence-corrected chi connectivity index (χ1v) is 43.2. The standard InChI is InChI=1S/C54H100N6O46P6/c1-31-43(65)45(67)36(13-61)103-51(31)89-6-9-92-108(73,74)98-28-86-20-54(21-87-29-99-109(75,76)93-10-7-90-52-32(2)44(66)46(68)37(14-62)104-52,22-88-30-100-110(77,78)94-11-8-91-53-41(59-33(3)64)48(70)47(69)38(15-63)105-53)23-96-111(79,80)97-26-84-17-34(16-83-4)18-85-27-101-112(81,82)106-35-12-40(102-39(35)19-95-107(5,71)72)60-25-58-42-49(55)56-24-57-50(42)60/h24-25,31-32,34-41,43-48,51-53,61-63,65-70H,6-23,26-30H2,1-5H3,(H,59,64)(H,71,72)(H,73,74)(H,75,76)(H,77,78)(H,79,80)(H,81,82)(H2,55,56,57)/t31?,32?,34?,35?,36?,37?,38?,39-,40-,41?,43-,44-,45+,46+,47+,48-,51-,52-,53+,54?/m1/s1. The van der Waals surface area contributed by atoms with Crippen LogP contribution in [0.5, 0.6) is 0 Å². The molecule has 6 rings (SSSR count). The summed E-state index contributed by atoms with van der Waals surface area (Å²) in [6, 6.07) is -1.41. The van der Waals surface area contributed by atoms with Gasteiger partial charge in [-0.15, -0.1) is 0 Å². The maximum atomic E-state index is 13.7. The molecule has 1 amide bonds. The molecule has 4 saturated heterocycles. The Morgan fingerprint density at radius 1 is 0.545 bits per heavy atom. The Balaban J connectivity index is 1.10. The fourth-order valence-electron chi connectivity index (χ4n) is 10.7. The number of fused-ring (bicyclic) bond motifs is 1. The van der Waals surface area contributed by atoms with Crippen LogP contribution in [0, 0.1) is 23.2 Å². The van der Waals surface area contributed by atoms with E-state index in [0.717, 1.165) is 13.6 Å². The normalized spacial score (nSPS) is 31.3. The Morgan fingerprint density at radius 3 is 1.42 bits per heavy atom. The molecule has 4 aliphatic heterocycles. The molecule has 25 atom stereocenters. The Hall–Kier alpha value is -2.36. The maximum Gasteiger partial charge on any atom is 0.474 e. The number of carbonyl (C=O) groups is 1. The van der Waals surface area contributed by atoms with Crippen molar-refractivity contribution >= 4 is 69.6 Å². The third-order valence-corrected chi connectivity index (χ3v) is 21.8. The van der Waals surface area contributed by atoms with Crippen LogP contribution in [0.1, 0.15) is 33.4 Å². The van der Waals surface area contributed by atoms with Crippen molar-refractivity contribution in [1.82, 2.24) is 24.8 Å². The Labute approximate surface area is 638 Å². The minimum Gasteiger partial charge on any atom is -0.394 e. The molecule has 0 spiro atoms. The number of nitrogens with two attached hydrogens (primary N) is 1. The van der Waals surface area contributed by atoms with Gasteiger partial charge in [0.15, 0.2) is 64.3 Å². The van der Waals surface area contributed by atoms with Crippen LogP contribution in [0.2, 0.25) is 0 Å². The number of amides is 1. The first-order valence-electron chi connectivity index (χ1n) is 33.7. The van der Waals surface area contributed by atoms with E-state index >= 15 is 0 Å². The van der Waals surface area contributed by atoms with Gasteiger partial charge in [0.2, 0.25) is 5.91 Å². The number of aliphatic hydroxyl groups is 9. The molecule has 18 N–H and O–H groups in total. The third-order valence-electron chi connectivity index (χ3n) is 16.5. The lowest BCUT2D eigenvalue weighted by Gasteiger charge is -2.42. The van der Waals surface area contributed by atoms with E-state index in [2.05, 4.69) is 20.3 Å². The highest BCUT2D eigenvalue weighted by atomic mass is 31.2. The number of anilines is 1. The van der Waals surface area contributed by atoms with Crippen molar-refractivity contribution in [3.05, 3.63) is 12.7 Å². The molecule has 0 aromatic carbocycles. The van der Waals surface area contributed by atoms with Crippen molar-refractivity contribution in [2.75, 3.05) is 166 Å². The number of ether oxygens (including phenoxy) is 13. The average molecular weight is 1760 g/mol. The second-order valence-corrected chi connectivity index (χ2v) is 34.4. The fourth-order valence-corrected chi connectivity index (χ4v) is 14.5. The number of nitrogen functional groups attached to an aromatic ring is 1. The highest BCUT2D eigenvalue weighted by Crippen LogP contribution is 2.51. The summed E-state index contributed by atoms with van der Waals surface area (Å²) >= 11 is 0. The lowest BCUT2D eigenvalue weighted by molar-refractivity contribution is -0.283. The minimum absolute atomic E-state index is 0.0430. The number of nitrogens with zero attached hydrogens (tertiary/aromatic N) is 4. The zero-order valence-corrected chi connectivity index (χ0v) is 66.2. The van der Waals surface area contributed by atoms with Crippen LogP contribution in [-0.2, 0) is 144 Å². The van der Waals surface area contributed by atoms with Gasteiger partial charge in [-0.05, 0) is 0 Å².